The van der Waals surface area contributed by atoms with Gasteiger partial charge in [-0.2, -0.15) is 0 Å². The molecule has 3 N–H and O–H groups in total. The first kappa shape index (κ1) is 27.8. The Bertz CT molecular complexity index is 1350. The summed E-state index contributed by atoms with van der Waals surface area (Å²) in [5.41, 5.74) is 2.13. The van der Waals surface area contributed by atoms with Crippen LogP contribution in [-0.4, -0.2) is 70.5 Å². The lowest BCUT2D eigenvalue weighted by atomic mass is 10.2. The van der Waals surface area contributed by atoms with Crippen molar-refractivity contribution in [3.8, 4) is 11.5 Å². The first-order chi connectivity index (χ1) is 18.7. The van der Waals surface area contributed by atoms with Crippen molar-refractivity contribution in [2.24, 2.45) is 0 Å². The average molecular weight is 600 g/mol. The summed E-state index contributed by atoms with van der Waals surface area (Å²) in [6.07, 6.45) is 1.98. The summed E-state index contributed by atoms with van der Waals surface area (Å²) in [7, 11) is 0. The Morgan fingerprint density at radius 3 is 2.59 bits per heavy atom. The molecule has 2 aromatic carbocycles. The molecular formula is C26H26BrN5O7. The number of hydrogen-bond acceptors (Lipinski definition) is 8. The van der Waals surface area contributed by atoms with Gasteiger partial charge in [-0.15, -0.1) is 0 Å². The minimum atomic E-state index is -1.07. The maximum Gasteiger partial charge on any atom is 0.415 e. The Kier molecular flexibility index (Phi) is 8.94. The molecule has 12 nitrogen and oxygen atoms in total. The molecular weight excluding hydrogens is 574 g/mol. The number of carbonyl (C=O) groups is 3. The van der Waals surface area contributed by atoms with Crippen LogP contribution in [-0.2, 0) is 4.74 Å². The molecule has 3 amide bonds. The van der Waals surface area contributed by atoms with Crippen molar-refractivity contribution in [1.29, 1.82) is 0 Å². The maximum absolute atomic E-state index is 12.7. The van der Waals surface area contributed by atoms with Crippen molar-refractivity contribution in [3.05, 3.63) is 70.1 Å². The number of anilines is 2. The molecule has 0 aliphatic carbocycles. The van der Waals surface area contributed by atoms with Gasteiger partial charge in [-0.05, 0) is 55.8 Å². The van der Waals surface area contributed by atoms with E-state index in [0.29, 0.717) is 23.8 Å². The van der Waals surface area contributed by atoms with Gasteiger partial charge in [0.25, 0.3) is 0 Å². The second kappa shape index (κ2) is 12.5. The first-order valence-electron chi connectivity index (χ1n) is 11.9. The Labute approximate surface area is 232 Å². The third kappa shape index (κ3) is 7.65. The second-order valence-electron chi connectivity index (χ2n) is 8.67. The third-order valence-corrected chi connectivity index (χ3v) is 6.51. The number of carboxylic acids is 1. The lowest BCUT2D eigenvalue weighted by Gasteiger charge is -2.32. The zero-order chi connectivity index (χ0) is 27.9. The van der Waals surface area contributed by atoms with E-state index in [-0.39, 0.29) is 31.1 Å². The molecule has 1 saturated heterocycles. The van der Waals surface area contributed by atoms with E-state index < -0.39 is 24.2 Å². The van der Waals surface area contributed by atoms with Crippen molar-refractivity contribution < 1.29 is 33.7 Å². The summed E-state index contributed by atoms with van der Waals surface area (Å²) >= 11 is 3.47. The number of halogens is 1. The number of urea groups is 1. The molecule has 4 rings (SSSR count). The quantitative estimate of drug-likeness (QED) is 0.357. The van der Waals surface area contributed by atoms with Gasteiger partial charge >= 0.3 is 18.1 Å². The first-order valence-corrected chi connectivity index (χ1v) is 12.7. The molecule has 204 valence electrons. The minimum absolute atomic E-state index is 0.0942. The molecule has 1 aliphatic heterocycles. The van der Waals surface area contributed by atoms with Gasteiger partial charge in [0.1, 0.15) is 24.2 Å². The van der Waals surface area contributed by atoms with E-state index >= 15 is 0 Å². The van der Waals surface area contributed by atoms with Gasteiger partial charge in [-0.1, -0.05) is 15.9 Å². The van der Waals surface area contributed by atoms with Crippen LogP contribution in [0, 0.1) is 13.8 Å². The van der Waals surface area contributed by atoms with Crippen LogP contribution in [0.4, 0.5) is 21.1 Å². The highest BCUT2D eigenvalue weighted by molar-refractivity contribution is 9.10. The van der Waals surface area contributed by atoms with Crippen molar-refractivity contribution in [2.75, 3.05) is 36.9 Å². The summed E-state index contributed by atoms with van der Waals surface area (Å²) in [5.74, 6) is -0.112. The Balaban J connectivity index is 1.35. The Morgan fingerprint density at radius 1 is 1.13 bits per heavy atom. The second-order valence-corrected chi connectivity index (χ2v) is 9.52. The summed E-state index contributed by atoms with van der Waals surface area (Å²) in [4.78, 5) is 45.9. The molecule has 2 heterocycles. The minimum Gasteiger partial charge on any atom is -0.489 e. The van der Waals surface area contributed by atoms with Crippen molar-refractivity contribution in [2.45, 2.75) is 20.0 Å². The number of carbonyl (C=O) groups excluding carboxylic acids is 2. The number of aromatic carboxylic acids is 1. The fourth-order valence-electron chi connectivity index (χ4n) is 3.60. The number of nitrogens with zero attached hydrogens (tertiary/aromatic N) is 3. The summed E-state index contributed by atoms with van der Waals surface area (Å²) in [6, 6.07) is 8.56. The highest BCUT2D eigenvalue weighted by Crippen LogP contribution is 2.32. The molecule has 1 aromatic heterocycles. The van der Waals surface area contributed by atoms with Gasteiger partial charge in [0.05, 0.1) is 42.5 Å². The summed E-state index contributed by atoms with van der Waals surface area (Å²) < 4.78 is 17.9. The number of morpholine rings is 1. The Morgan fingerprint density at radius 2 is 1.90 bits per heavy atom. The Hall–Kier alpha value is -4.23. The average Bonchev–Trinajstić information content (AvgIpc) is 2.91. The molecule has 1 atom stereocenters. The lowest BCUT2D eigenvalue weighted by Crippen LogP contribution is -2.48. The van der Waals surface area contributed by atoms with E-state index in [1.807, 2.05) is 6.92 Å². The van der Waals surface area contributed by atoms with E-state index in [2.05, 4.69) is 36.5 Å². The van der Waals surface area contributed by atoms with Crippen molar-refractivity contribution in [1.82, 2.24) is 14.9 Å². The highest BCUT2D eigenvalue weighted by Gasteiger charge is 2.27. The van der Waals surface area contributed by atoms with Crippen LogP contribution < -0.4 is 20.1 Å². The number of hydrogen-bond donors (Lipinski definition) is 3. The molecule has 39 heavy (non-hydrogen) atoms. The van der Waals surface area contributed by atoms with E-state index in [1.54, 1.807) is 25.3 Å². The molecule has 0 bridgehead atoms. The van der Waals surface area contributed by atoms with Gasteiger partial charge in [-0.25, -0.2) is 19.4 Å². The highest BCUT2D eigenvalue weighted by atomic mass is 79.9. The van der Waals surface area contributed by atoms with E-state index in [9.17, 15) is 14.4 Å². The maximum atomic E-state index is 12.7. The fraction of sp³-hybridized carbons (Fsp3) is 0.269. The largest absolute Gasteiger partial charge is 0.489 e. The number of aromatic nitrogens is 2. The van der Waals surface area contributed by atoms with Crippen LogP contribution in [0.1, 0.15) is 21.6 Å². The lowest BCUT2D eigenvalue weighted by molar-refractivity contribution is -0.0400. The zero-order valence-corrected chi connectivity index (χ0v) is 22.7. The predicted molar refractivity (Wildman–Crippen MR) is 145 cm³/mol. The number of aryl methyl sites for hydroxylation is 2. The fourth-order valence-corrected chi connectivity index (χ4v) is 3.94. The van der Waals surface area contributed by atoms with Gasteiger partial charge in [0.15, 0.2) is 5.82 Å². The van der Waals surface area contributed by atoms with Crippen molar-refractivity contribution in [3.63, 3.8) is 0 Å². The molecule has 0 unspecified atom stereocenters. The van der Waals surface area contributed by atoms with Crippen LogP contribution in [0.15, 0.2) is 53.3 Å². The molecule has 0 saturated carbocycles. The molecule has 1 fully saturated rings. The number of amides is 3. The SMILES string of the molecule is Cc1cnc(NC(=O)Nc2cc(Br)c(C)cc2OC[C@@H]2CN(C(=O)Oc3ccc(C(=O)O)cc3)CCO2)cn1. The zero-order valence-electron chi connectivity index (χ0n) is 21.1. The van der Waals surface area contributed by atoms with Crippen LogP contribution in [0.2, 0.25) is 0 Å². The van der Waals surface area contributed by atoms with Crippen LogP contribution in [0.3, 0.4) is 0 Å². The van der Waals surface area contributed by atoms with Gasteiger partial charge < -0.3 is 29.5 Å². The van der Waals surface area contributed by atoms with Crippen LogP contribution in [0.5, 0.6) is 11.5 Å². The number of nitrogens with one attached hydrogen (secondary N) is 2. The number of ether oxygens (including phenoxy) is 3. The number of benzene rings is 2. The topological polar surface area (TPSA) is 152 Å². The standard InChI is InChI=1S/C26H26BrN5O7/c1-15-9-22(21(10-20(15)27)30-25(35)31-23-12-28-16(2)11-29-23)38-14-19-13-32(7-8-37-19)26(36)39-18-5-3-17(4-6-18)24(33)34/h3-6,9-12,19H,7-8,13-14H2,1-2H3,(H,33,34)(H2,29,30,31,35)/t19-/m0/s1. The van der Waals surface area contributed by atoms with E-state index in [4.69, 9.17) is 19.3 Å². The third-order valence-electron chi connectivity index (χ3n) is 5.66. The smallest absolute Gasteiger partial charge is 0.415 e. The molecule has 1 aliphatic rings. The summed E-state index contributed by atoms with van der Waals surface area (Å²) in [6.45, 7) is 4.62. The van der Waals surface area contributed by atoms with E-state index in [1.165, 1.54) is 35.4 Å². The van der Waals surface area contributed by atoms with Gasteiger partial charge in [0.2, 0.25) is 0 Å². The van der Waals surface area contributed by atoms with Gasteiger partial charge in [-0.3, -0.25) is 10.3 Å². The normalized spacial score (nSPS) is 14.8. The molecule has 13 heteroatoms. The van der Waals surface area contributed by atoms with Gasteiger partial charge in [0, 0.05) is 11.0 Å². The number of carboxylic acid groups (broad SMARTS) is 1. The van der Waals surface area contributed by atoms with Crippen LogP contribution >= 0.6 is 15.9 Å². The molecule has 0 radical (unpaired) electrons. The van der Waals surface area contributed by atoms with E-state index in [0.717, 1.165) is 15.7 Å². The summed E-state index contributed by atoms with van der Waals surface area (Å²) in [5, 5.41) is 14.4. The van der Waals surface area contributed by atoms with Crippen molar-refractivity contribution >= 4 is 45.5 Å². The monoisotopic (exact) mass is 599 g/mol. The molecule has 0 spiro atoms. The molecule has 3 aromatic rings. The van der Waals surface area contributed by atoms with Crippen LogP contribution in [0.25, 0.3) is 0 Å². The number of rotatable bonds is 7. The predicted octanol–water partition coefficient (Wildman–Crippen LogP) is 4.48.